The van der Waals surface area contributed by atoms with Crippen LogP contribution in [0.5, 0.6) is 0 Å². The monoisotopic (exact) mass is 461 g/mol. The van der Waals surface area contributed by atoms with E-state index in [1.165, 1.54) is 0 Å². The van der Waals surface area contributed by atoms with Gasteiger partial charge in [0.1, 0.15) is 5.69 Å². The van der Waals surface area contributed by atoms with Crippen LogP contribution in [0.25, 0.3) is 51.3 Å². The van der Waals surface area contributed by atoms with Crippen LogP contribution in [0.1, 0.15) is 25.0 Å². The lowest BCUT2D eigenvalue weighted by molar-refractivity contribution is 0.724. The Morgan fingerprint density at radius 2 is 2.00 bits per heavy atom. The minimum absolute atomic E-state index is 0.775. The molecule has 0 saturated carbocycles. The maximum atomic E-state index is 4.64. The Hall–Kier alpha value is -4.36. The zero-order valence-corrected chi connectivity index (χ0v) is 19.8. The molecule has 0 fully saturated rings. The number of nitrogens with one attached hydrogen (secondary N) is 3. The molecule has 0 spiro atoms. The van der Waals surface area contributed by atoms with E-state index in [0.29, 0.717) is 0 Å². The van der Waals surface area contributed by atoms with Gasteiger partial charge in [0.15, 0.2) is 0 Å². The molecule has 3 N–H and O–H groups in total. The van der Waals surface area contributed by atoms with E-state index in [-0.39, 0.29) is 0 Å². The van der Waals surface area contributed by atoms with Crippen LogP contribution in [-0.4, -0.2) is 36.7 Å². The lowest BCUT2D eigenvalue weighted by Gasteiger charge is -2.05. The average molecular weight is 462 g/mol. The van der Waals surface area contributed by atoms with Gasteiger partial charge in [-0.3, -0.25) is 20.1 Å². The topological polar surface area (TPSA) is 95.2 Å². The quantitative estimate of drug-likeness (QED) is 0.343. The Kier molecular flexibility index (Phi) is 6.32. The smallest absolute Gasteiger partial charge is 0.116 e. The first-order chi connectivity index (χ1) is 17.2. The van der Waals surface area contributed by atoms with Gasteiger partial charge >= 0.3 is 0 Å². The number of allylic oxidation sites excluding steroid dienone is 1. The predicted molar refractivity (Wildman–Crippen MR) is 141 cm³/mol. The number of H-pyrrole nitrogens is 2. The molecular weight excluding hydrogens is 434 g/mol. The standard InChI is InChI=1S/C28H27N7/c1-4-24-22(10-18(3)20-11-19(13-29-5-2)14-30-15-20)28(35-34-24)26-12-21-23(16-31-17-27(21)33-26)25-8-6-7-9-32-25/h4,6-12,14-17,29,33-34H,3,5,13H2,1-2H3/b22-10+,24-4+. The lowest BCUT2D eigenvalue weighted by atomic mass is 10.1. The predicted octanol–water partition coefficient (Wildman–Crippen LogP) is 3.81. The van der Waals surface area contributed by atoms with Crippen LogP contribution in [0.4, 0.5) is 0 Å². The molecule has 7 heteroatoms. The van der Waals surface area contributed by atoms with Crippen molar-refractivity contribution in [3.63, 3.8) is 0 Å². The highest BCUT2D eigenvalue weighted by Gasteiger charge is 2.13. The summed E-state index contributed by atoms with van der Waals surface area (Å²) in [6.45, 7) is 10.1. The summed E-state index contributed by atoms with van der Waals surface area (Å²) in [5.74, 6) is 0. The van der Waals surface area contributed by atoms with Gasteiger partial charge < -0.3 is 10.3 Å². The molecule has 174 valence electrons. The van der Waals surface area contributed by atoms with Gasteiger partial charge in [-0.15, -0.1) is 0 Å². The minimum atomic E-state index is 0.775. The third-order valence-electron chi connectivity index (χ3n) is 5.93. The molecule has 0 radical (unpaired) electrons. The summed E-state index contributed by atoms with van der Waals surface area (Å²) in [6.07, 6.45) is 13.3. The van der Waals surface area contributed by atoms with Gasteiger partial charge in [-0.1, -0.05) is 25.6 Å². The largest absolute Gasteiger partial charge is 0.352 e. The maximum absolute atomic E-state index is 4.64. The molecular formula is C28H27N7. The highest BCUT2D eigenvalue weighted by Crippen LogP contribution is 2.29. The van der Waals surface area contributed by atoms with Crippen molar-refractivity contribution in [2.45, 2.75) is 20.4 Å². The Balaban J connectivity index is 1.59. The Morgan fingerprint density at radius 3 is 2.80 bits per heavy atom. The molecule has 0 aliphatic heterocycles. The fourth-order valence-electron chi connectivity index (χ4n) is 4.13. The van der Waals surface area contributed by atoms with E-state index in [0.717, 1.165) is 73.9 Å². The zero-order valence-electron chi connectivity index (χ0n) is 19.8. The summed E-state index contributed by atoms with van der Waals surface area (Å²) in [4.78, 5) is 16.8. The van der Waals surface area contributed by atoms with Crippen molar-refractivity contribution in [2.75, 3.05) is 6.54 Å². The number of hydrogen-bond acceptors (Lipinski definition) is 5. The highest BCUT2D eigenvalue weighted by molar-refractivity contribution is 5.96. The number of hydrogen-bond donors (Lipinski definition) is 3. The van der Waals surface area contributed by atoms with Gasteiger partial charge in [-0.05, 0) is 60.5 Å². The van der Waals surface area contributed by atoms with Crippen molar-refractivity contribution < 1.29 is 0 Å². The zero-order chi connectivity index (χ0) is 24.2. The second-order valence-corrected chi connectivity index (χ2v) is 8.27. The Morgan fingerprint density at radius 1 is 1.11 bits per heavy atom. The summed E-state index contributed by atoms with van der Waals surface area (Å²) >= 11 is 0. The first-order valence-corrected chi connectivity index (χ1v) is 11.6. The minimum Gasteiger partial charge on any atom is -0.352 e. The molecule has 5 heterocycles. The van der Waals surface area contributed by atoms with E-state index in [2.05, 4.69) is 67.2 Å². The third-order valence-corrected chi connectivity index (χ3v) is 5.93. The number of rotatable bonds is 7. The van der Waals surface area contributed by atoms with E-state index >= 15 is 0 Å². The van der Waals surface area contributed by atoms with E-state index in [1.54, 1.807) is 6.20 Å². The van der Waals surface area contributed by atoms with Crippen LogP contribution in [-0.2, 0) is 6.54 Å². The normalized spacial score (nSPS) is 12.5. The summed E-state index contributed by atoms with van der Waals surface area (Å²) in [5.41, 5.74) is 7.47. The fraction of sp³-hybridized carbons (Fsp3) is 0.143. The van der Waals surface area contributed by atoms with Crippen LogP contribution in [0.2, 0.25) is 0 Å². The van der Waals surface area contributed by atoms with E-state index in [4.69, 9.17) is 0 Å². The number of pyridine rings is 3. The molecule has 0 amide bonds. The number of aromatic amines is 2. The van der Waals surface area contributed by atoms with Crippen LogP contribution in [0.3, 0.4) is 0 Å². The SMILES string of the molecule is C=C(/C=c1/c(-c2cc3c(-c4ccccn4)cncc3[nH]2)n[nH]/c1=C/C)c1cncc(CNCC)c1. The summed E-state index contributed by atoms with van der Waals surface area (Å²) in [5, 5.41) is 14.1. The molecule has 35 heavy (non-hydrogen) atoms. The summed E-state index contributed by atoms with van der Waals surface area (Å²) in [7, 11) is 0. The molecule has 0 atom stereocenters. The molecule has 5 aromatic heterocycles. The van der Waals surface area contributed by atoms with Gasteiger partial charge in [0, 0.05) is 47.5 Å². The summed E-state index contributed by atoms with van der Waals surface area (Å²) < 4.78 is 0. The maximum Gasteiger partial charge on any atom is 0.116 e. The molecule has 7 nitrogen and oxygen atoms in total. The fourth-order valence-corrected chi connectivity index (χ4v) is 4.13. The van der Waals surface area contributed by atoms with Crippen molar-refractivity contribution in [2.24, 2.45) is 0 Å². The third kappa shape index (κ3) is 4.54. The molecule has 0 aliphatic rings. The van der Waals surface area contributed by atoms with Gasteiger partial charge in [-0.25, -0.2) is 0 Å². The van der Waals surface area contributed by atoms with Gasteiger partial charge in [-0.2, -0.15) is 5.10 Å². The number of aromatic nitrogens is 6. The van der Waals surface area contributed by atoms with Crippen LogP contribution < -0.4 is 15.9 Å². The van der Waals surface area contributed by atoms with E-state index < -0.39 is 0 Å². The number of fused-ring (bicyclic) bond motifs is 1. The lowest BCUT2D eigenvalue weighted by Crippen LogP contribution is -2.23. The van der Waals surface area contributed by atoms with Crippen molar-refractivity contribution in [3.05, 3.63) is 89.6 Å². The van der Waals surface area contributed by atoms with Crippen LogP contribution in [0.15, 0.2) is 67.9 Å². The van der Waals surface area contributed by atoms with Gasteiger partial charge in [0.2, 0.25) is 0 Å². The molecule has 0 saturated heterocycles. The summed E-state index contributed by atoms with van der Waals surface area (Å²) in [6, 6.07) is 10.1. The van der Waals surface area contributed by atoms with Gasteiger partial charge in [0.05, 0.1) is 28.5 Å². The van der Waals surface area contributed by atoms with Crippen molar-refractivity contribution >= 4 is 28.6 Å². The average Bonchev–Trinajstić information content (AvgIpc) is 3.51. The van der Waals surface area contributed by atoms with Crippen molar-refractivity contribution in [1.82, 2.24) is 35.5 Å². The Labute approximate surface area is 203 Å². The second kappa shape index (κ2) is 9.87. The molecule has 5 aromatic rings. The van der Waals surface area contributed by atoms with E-state index in [1.807, 2.05) is 56.0 Å². The number of nitrogens with zero attached hydrogens (tertiary/aromatic N) is 4. The first kappa shape index (κ1) is 22.4. The van der Waals surface area contributed by atoms with Crippen LogP contribution in [0, 0.1) is 0 Å². The molecule has 0 aromatic carbocycles. The first-order valence-electron chi connectivity index (χ1n) is 11.6. The molecule has 0 unspecified atom stereocenters. The molecule has 0 bridgehead atoms. The van der Waals surface area contributed by atoms with Crippen molar-refractivity contribution in [3.8, 4) is 22.6 Å². The second-order valence-electron chi connectivity index (χ2n) is 8.27. The van der Waals surface area contributed by atoms with Gasteiger partial charge in [0.25, 0.3) is 0 Å². The van der Waals surface area contributed by atoms with Crippen LogP contribution >= 0.6 is 0 Å². The Bertz CT molecular complexity index is 1610. The molecule has 0 aliphatic carbocycles. The highest BCUT2D eigenvalue weighted by atomic mass is 15.1. The van der Waals surface area contributed by atoms with E-state index in [9.17, 15) is 0 Å². The van der Waals surface area contributed by atoms with Crippen molar-refractivity contribution in [1.29, 1.82) is 0 Å². The molecule has 5 rings (SSSR count).